The Morgan fingerprint density at radius 2 is 0.887 bits per heavy atom. The number of hydrogen-bond donors (Lipinski definition) is 0. The second-order valence-corrected chi connectivity index (χ2v) is 13.9. The van der Waals surface area contributed by atoms with Crippen molar-refractivity contribution in [2.24, 2.45) is 0 Å². The van der Waals surface area contributed by atoms with Crippen molar-refractivity contribution in [3.8, 4) is 34.2 Å². The zero-order valence-corrected chi connectivity index (χ0v) is 29.0. The van der Waals surface area contributed by atoms with Gasteiger partial charge in [-0.15, -0.1) is 0 Å². The Balaban J connectivity index is 1.11. The summed E-state index contributed by atoms with van der Waals surface area (Å²) in [5, 5.41) is 2.53. The van der Waals surface area contributed by atoms with Gasteiger partial charge in [0.1, 0.15) is 0 Å². The van der Waals surface area contributed by atoms with Gasteiger partial charge in [-0.05, 0) is 50.2 Å². The molecule has 0 radical (unpaired) electrons. The molecule has 0 N–H and O–H groups in total. The van der Waals surface area contributed by atoms with Gasteiger partial charge in [0.25, 0.3) is 0 Å². The molecule has 0 saturated carbocycles. The average molecular weight is 678 g/mol. The van der Waals surface area contributed by atoms with Crippen molar-refractivity contribution in [1.29, 1.82) is 0 Å². The lowest BCUT2D eigenvalue weighted by Gasteiger charge is -2.37. The SMILES string of the molecule is C1=CC(c2ccc(-c3nc(-c4ccccc4)nc(-c4ccccc4)n3)cc2)C2C(=C1)C(c1ccccc1)(c1ccccc1)c1cc3ccccc3cc12. The van der Waals surface area contributed by atoms with Crippen LogP contribution in [-0.4, -0.2) is 15.0 Å². The largest absolute Gasteiger partial charge is 0.208 e. The average Bonchev–Trinajstić information content (AvgIpc) is 3.54. The molecule has 0 fully saturated rings. The first-order valence-electron chi connectivity index (χ1n) is 18.3. The monoisotopic (exact) mass is 677 g/mol. The van der Waals surface area contributed by atoms with E-state index in [0.717, 1.165) is 16.7 Å². The van der Waals surface area contributed by atoms with Crippen LogP contribution in [0.3, 0.4) is 0 Å². The minimum atomic E-state index is -0.429. The van der Waals surface area contributed by atoms with E-state index in [4.69, 9.17) is 15.0 Å². The van der Waals surface area contributed by atoms with Crippen LogP contribution in [0.1, 0.15) is 39.7 Å². The number of hydrogen-bond acceptors (Lipinski definition) is 3. The lowest BCUT2D eigenvalue weighted by Crippen LogP contribution is -2.30. The van der Waals surface area contributed by atoms with Crippen LogP contribution >= 0.6 is 0 Å². The van der Waals surface area contributed by atoms with Crippen LogP contribution in [0.4, 0.5) is 0 Å². The lowest BCUT2D eigenvalue weighted by molar-refractivity contribution is 0.646. The Hall–Kier alpha value is -6.71. The van der Waals surface area contributed by atoms with Crippen LogP contribution in [0.25, 0.3) is 44.9 Å². The minimum Gasteiger partial charge on any atom is -0.208 e. The molecule has 0 saturated heterocycles. The van der Waals surface area contributed by atoms with Crippen molar-refractivity contribution in [2.75, 3.05) is 0 Å². The van der Waals surface area contributed by atoms with E-state index < -0.39 is 5.41 Å². The number of benzene rings is 7. The van der Waals surface area contributed by atoms with Crippen molar-refractivity contribution in [2.45, 2.75) is 17.3 Å². The fraction of sp³-hybridized carbons (Fsp3) is 0.0600. The zero-order valence-electron chi connectivity index (χ0n) is 29.0. The first-order valence-corrected chi connectivity index (χ1v) is 18.3. The summed E-state index contributed by atoms with van der Waals surface area (Å²) in [4.78, 5) is 14.9. The van der Waals surface area contributed by atoms with Gasteiger partial charge in [-0.25, -0.2) is 15.0 Å². The standard InChI is InChI=1S/C50H35N3/c1-5-16-35(17-6-1)47-51-48(36-18-7-2-8-19-36)53-49(52-47)37-30-28-34(29-31-37)42-26-15-27-44-46(42)43-32-38-20-13-14-21-39(38)33-45(43)50(44,40-22-9-3-10-23-40)41-24-11-4-12-25-41/h1-33,42,46H. The van der Waals surface area contributed by atoms with Crippen molar-refractivity contribution >= 4 is 10.8 Å². The van der Waals surface area contributed by atoms with Gasteiger partial charge in [-0.1, -0.05) is 194 Å². The Labute approximate surface area is 309 Å². The molecule has 0 bridgehead atoms. The summed E-state index contributed by atoms with van der Waals surface area (Å²) in [6.07, 6.45) is 7.06. The van der Waals surface area contributed by atoms with Crippen LogP contribution in [0.5, 0.6) is 0 Å². The normalized spacial score (nSPS) is 16.9. The number of nitrogens with zero attached hydrogens (tertiary/aromatic N) is 3. The van der Waals surface area contributed by atoms with Gasteiger partial charge in [-0.3, -0.25) is 0 Å². The maximum atomic E-state index is 4.99. The van der Waals surface area contributed by atoms with Crippen molar-refractivity contribution < 1.29 is 0 Å². The molecule has 53 heavy (non-hydrogen) atoms. The molecule has 8 aromatic rings. The van der Waals surface area contributed by atoms with E-state index in [9.17, 15) is 0 Å². The molecule has 2 unspecified atom stereocenters. The molecular formula is C50H35N3. The molecule has 0 aliphatic heterocycles. The van der Waals surface area contributed by atoms with Gasteiger partial charge in [0.2, 0.25) is 0 Å². The van der Waals surface area contributed by atoms with E-state index in [2.05, 4.69) is 140 Å². The highest BCUT2D eigenvalue weighted by Gasteiger charge is 2.52. The van der Waals surface area contributed by atoms with Gasteiger partial charge in [0.05, 0.1) is 5.41 Å². The third-order valence-corrected chi connectivity index (χ3v) is 11.0. The van der Waals surface area contributed by atoms with Crippen LogP contribution in [-0.2, 0) is 5.41 Å². The highest BCUT2D eigenvalue weighted by Crippen LogP contribution is 2.62. The highest BCUT2D eigenvalue weighted by atomic mass is 15.0. The van der Waals surface area contributed by atoms with E-state index in [1.54, 1.807) is 0 Å². The number of rotatable bonds is 6. The predicted octanol–water partition coefficient (Wildman–Crippen LogP) is 11.7. The molecule has 2 atom stereocenters. The second kappa shape index (κ2) is 12.8. The highest BCUT2D eigenvalue weighted by molar-refractivity contribution is 5.88. The van der Waals surface area contributed by atoms with Gasteiger partial charge < -0.3 is 0 Å². The quantitative estimate of drug-likeness (QED) is 0.176. The van der Waals surface area contributed by atoms with E-state index in [-0.39, 0.29) is 11.8 Å². The maximum absolute atomic E-state index is 4.99. The molecular weight excluding hydrogens is 643 g/mol. The summed E-state index contributed by atoms with van der Waals surface area (Å²) in [7, 11) is 0. The molecule has 3 nitrogen and oxygen atoms in total. The van der Waals surface area contributed by atoms with E-state index >= 15 is 0 Å². The second-order valence-electron chi connectivity index (χ2n) is 13.9. The van der Waals surface area contributed by atoms with Crippen LogP contribution in [0.2, 0.25) is 0 Å². The Morgan fingerprint density at radius 1 is 0.434 bits per heavy atom. The lowest BCUT2D eigenvalue weighted by atomic mass is 9.64. The molecule has 0 amide bonds. The molecule has 1 aromatic heterocycles. The first-order chi connectivity index (χ1) is 26.3. The van der Waals surface area contributed by atoms with E-state index in [1.807, 2.05) is 60.7 Å². The zero-order chi connectivity index (χ0) is 35.2. The maximum Gasteiger partial charge on any atom is 0.164 e. The molecule has 2 aliphatic carbocycles. The topological polar surface area (TPSA) is 38.7 Å². The van der Waals surface area contributed by atoms with Gasteiger partial charge in [0.15, 0.2) is 17.5 Å². The molecule has 1 heterocycles. The molecule has 10 rings (SSSR count). The first kappa shape index (κ1) is 31.1. The summed E-state index contributed by atoms with van der Waals surface area (Å²) in [6, 6.07) is 65.0. The molecule has 250 valence electrons. The Morgan fingerprint density at radius 3 is 1.42 bits per heavy atom. The van der Waals surface area contributed by atoms with E-state index in [0.29, 0.717) is 17.5 Å². The van der Waals surface area contributed by atoms with Crippen molar-refractivity contribution in [3.05, 3.63) is 234 Å². The van der Waals surface area contributed by atoms with Crippen molar-refractivity contribution in [1.82, 2.24) is 15.0 Å². The van der Waals surface area contributed by atoms with Crippen LogP contribution in [0, 0.1) is 0 Å². The molecule has 7 aromatic carbocycles. The van der Waals surface area contributed by atoms with Crippen LogP contribution < -0.4 is 0 Å². The van der Waals surface area contributed by atoms with Gasteiger partial charge in [0, 0.05) is 28.5 Å². The summed E-state index contributed by atoms with van der Waals surface area (Å²) in [6.45, 7) is 0. The number of allylic oxidation sites excluding steroid dienone is 4. The molecule has 2 aliphatic rings. The minimum absolute atomic E-state index is 0.136. The predicted molar refractivity (Wildman–Crippen MR) is 216 cm³/mol. The van der Waals surface area contributed by atoms with Crippen molar-refractivity contribution in [3.63, 3.8) is 0 Å². The fourth-order valence-electron chi connectivity index (χ4n) is 8.68. The summed E-state index contributed by atoms with van der Waals surface area (Å²) in [5.41, 5.74) is 10.5. The smallest absolute Gasteiger partial charge is 0.164 e. The summed E-state index contributed by atoms with van der Waals surface area (Å²) >= 11 is 0. The number of fused-ring (bicyclic) bond motifs is 4. The Bertz CT molecular complexity index is 2550. The van der Waals surface area contributed by atoms with Gasteiger partial charge >= 0.3 is 0 Å². The summed E-state index contributed by atoms with van der Waals surface area (Å²) < 4.78 is 0. The van der Waals surface area contributed by atoms with Gasteiger partial charge in [-0.2, -0.15) is 0 Å². The molecule has 0 spiro atoms. The third kappa shape index (κ3) is 5.16. The number of aromatic nitrogens is 3. The molecule has 3 heteroatoms. The Kier molecular flexibility index (Phi) is 7.51. The third-order valence-electron chi connectivity index (χ3n) is 11.0. The summed E-state index contributed by atoms with van der Waals surface area (Å²) in [5.74, 6) is 2.27. The van der Waals surface area contributed by atoms with E-state index in [1.165, 1.54) is 44.2 Å². The fourth-order valence-corrected chi connectivity index (χ4v) is 8.68. The van der Waals surface area contributed by atoms with Crippen LogP contribution in [0.15, 0.2) is 206 Å².